The molecule has 0 saturated heterocycles. The van der Waals surface area contributed by atoms with Gasteiger partial charge in [-0.15, -0.1) is 0 Å². The number of hydrogen-bond donors (Lipinski definition) is 3. The van der Waals surface area contributed by atoms with Crippen molar-refractivity contribution in [3.8, 4) is 0 Å². The van der Waals surface area contributed by atoms with Crippen molar-refractivity contribution in [2.45, 2.75) is 180 Å². The van der Waals surface area contributed by atoms with Gasteiger partial charge in [-0.2, -0.15) is 0 Å². The molecule has 8 nitrogen and oxygen atoms in total. The van der Waals surface area contributed by atoms with Crippen LogP contribution in [0.4, 0.5) is 0 Å². The predicted molar refractivity (Wildman–Crippen MR) is 183 cm³/mol. The van der Waals surface area contributed by atoms with Gasteiger partial charge in [0.05, 0.1) is 13.2 Å². The van der Waals surface area contributed by atoms with Crippen LogP contribution in [0.15, 0.2) is 12.2 Å². The standard InChI is InChI=1S/C35H70NO7P/c1-2-3-4-5-6-7-8-9-10-11-12-13-14-15-16-17-18-19-20-21-22-23-24-25-26-27-28-29-35(38)41-32-34(37)33-43-44(39,40)42-31-30-36/h11-12,34,37H,2-10,13-33,36H2,1H3,(H,39,40)/b12-11-. The minimum Gasteiger partial charge on any atom is -0.463 e. The lowest BCUT2D eigenvalue weighted by Crippen LogP contribution is -2.23. The number of phosphoric acid groups is 1. The minimum atomic E-state index is -4.25. The molecule has 2 atom stereocenters. The number of ether oxygens (including phenoxy) is 1. The topological polar surface area (TPSA) is 128 Å². The van der Waals surface area contributed by atoms with Gasteiger partial charge in [0.25, 0.3) is 0 Å². The first kappa shape index (κ1) is 43.2. The Morgan fingerprint density at radius 1 is 0.659 bits per heavy atom. The summed E-state index contributed by atoms with van der Waals surface area (Å²) >= 11 is 0. The average molecular weight is 648 g/mol. The number of rotatable bonds is 35. The summed E-state index contributed by atoms with van der Waals surface area (Å²) in [4.78, 5) is 21.2. The van der Waals surface area contributed by atoms with Crippen LogP contribution in [0, 0.1) is 0 Å². The fraction of sp³-hybridized carbons (Fsp3) is 0.914. The van der Waals surface area contributed by atoms with E-state index in [1.807, 2.05) is 0 Å². The van der Waals surface area contributed by atoms with Crippen LogP contribution in [0.1, 0.15) is 174 Å². The van der Waals surface area contributed by atoms with E-state index < -0.39 is 20.5 Å². The second-order valence-electron chi connectivity index (χ2n) is 12.3. The number of phosphoric ester groups is 1. The van der Waals surface area contributed by atoms with Gasteiger partial charge in [-0.25, -0.2) is 4.57 Å². The Labute approximate surface area is 270 Å². The number of unbranched alkanes of at least 4 members (excludes halogenated alkanes) is 23. The zero-order valence-electron chi connectivity index (χ0n) is 28.4. The maximum absolute atomic E-state index is 11.8. The zero-order valence-corrected chi connectivity index (χ0v) is 29.3. The molecular formula is C35H70NO7P. The highest BCUT2D eigenvalue weighted by molar-refractivity contribution is 7.47. The van der Waals surface area contributed by atoms with E-state index in [9.17, 15) is 19.4 Å². The molecule has 0 aromatic heterocycles. The summed E-state index contributed by atoms with van der Waals surface area (Å²) in [6.45, 7) is 1.48. The maximum atomic E-state index is 11.8. The molecule has 0 bridgehead atoms. The van der Waals surface area contributed by atoms with Crippen molar-refractivity contribution in [2.75, 3.05) is 26.4 Å². The number of carbonyl (C=O) groups is 1. The molecule has 0 heterocycles. The van der Waals surface area contributed by atoms with Crippen LogP contribution in [0.2, 0.25) is 0 Å². The van der Waals surface area contributed by atoms with Crippen molar-refractivity contribution in [3.05, 3.63) is 12.2 Å². The van der Waals surface area contributed by atoms with Crippen LogP contribution in [0.3, 0.4) is 0 Å². The molecule has 0 fully saturated rings. The molecule has 4 N–H and O–H groups in total. The van der Waals surface area contributed by atoms with Gasteiger partial charge in [0.2, 0.25) is 0 Å². The highest BCUT2D eigenvalue weighted by atomic mass is 31.2. The van der Waals surface area contributed by atoms with E-state index in [0.29, 0.717) is 6.42 Å². The monoisotopic (exact) mass is 647 g/mol. The molecular weight excluding hydrogens is 577 g/mol. The molecule has 0 amide bonds. The van der Waals surface area contributed by atoms with Crippen LogP contribution >= 0.6 is 7.82 Å². The lowest BCUT2D eigenvalue weighted by molar-refractivity contribution is -0.147. The third-order valence-corrected chi connectivity index (χ3v) is 8.87. The van der Waals surface area contributed by atoms with Crippen LogP contribution in [-0.4, -0.2) is 48.4 Å². The Morgan fingerprint density at radius 3 is 1.50 bits per heavy atom. The van der Waals surface area contributed by atoms with Crippen molar-refractivity contribution in [1.82, 2.24) is 0 Å². The number of aliphatic hydroxyl groups is 1. The van der Waals surface area contributed by atoms with Crippen molar-refractivity contribution in [3.63, 3.8) is 0 Å². The van der Waals surface area contributed by atoms with Crippen LogP contribution in [0.5, 0.6) is 0 Å². The molecule has 0 aliphatic carbocycles. The van der Waals surface area contributed by atoms with Gasteiger partial charge in [-0.05, 0) is 32.1 Å². The largest absolute Gasteiger partial charge is 0.472 e. The summed E-state index contributed by atoms with van der Waals surface area (Å²) in [5.74, 6) is -0.382. The lowest BCUT2D eigenvalue weighted by Gasteiger charge is -2.15. The van der Waals surface area contributed by atoms with Crippen molar-refractivity contribution in [1.29, 1.82) is 0 Å². The molecule has 0 radical (unpaired) electrons. The van der Waals surface area contributed by atoms with E-state index >= 15 is 0 Å². The number of carbonyl (C=O) groups excluding carboxylic acids is 1. The highest BCUT2D eigenvalue weighted by Gasteiger charge is 2.22. The van der Waals surface area contributed by atoms with E-state index in [-0.39, 0.29) is 25.7 Å². The summed E-state index contributed by atoms with van der Waals surface area (Å²) < 4.78 is 25.7. The highest BCUT2D eigenvalue weighted by Crippen LogP contribution is 2.42. The van der Waals surface area contributed by atoms with Crippen LogP contribution < -0.4 is 5.73 Å². The molecule has 0 aromatic carbocycles. The lowest BCUT2D eigenvalue weighted by atomic mass is 10.0. The Hall–Kier alpha value is -0.760. The van der Waals surface area contributed by atoms with Gasteiger partial charge < -0.3 is 20.5 Å². The average Bonchev–Trinajstić information content (AvgIpc) is 3.01. The number of allylic oxidation sites excluding steroid dienone is 2. The van der Waals surface area contributed by atoms with Crippen molar-refractivity contribution >= 4 is 13.8 Å². The summed E-state index contributed by atoms with van der Waals surface area (Å²) in [5, 5.41) is 9.74. The fourth-order valence-electron chi connectivity index (χ4n) is 5.16. The first-order valence-electron chi connectivity index (χ1n) is 18.2. The number of aliphatic hydroxyl groups excluding tert-OH is 1. The van der Waals surface area contributed by atoms with Gasteiger partial charge in [0.15, 0.2) is 0 Å². The van der Waals surface area contributed by atoms with E-state index in [1.54, 1.807) is 0 Å². The molecule has 9 heteroatoms. The SMILES string of the molecule is CCCCCCCCCC/C=C\CCCCCCCCCCCCCCCCCC(=O)OCC(O)COP(=O)(O)OCCN. The number of hydrogen-bond acceptors (Lipinski definition) is 7. The summed E-state index contributed by atoms with van der Waals surface area (Å²) in [6.07, 6.45) is 36.7. The zero-order chi connectivity index (χ0) is 32.4. The van der Waals surface area contributed by atoms with Gasteiger partial charge in [-0.1, -0.05) is 147 Å². The van der Waals surface area contributed by atoms with E-state index in [1.165, 1.54) is 141 Å². The van der Waals surface area contributed by atoms with Gasteiger partial charge >= 0.3 is 13.8 Å². The van der Waals surface area contributed by atoms with Gasteiger partial charge in [0.1, 0.15) is 12.7 Å². The second-order valence-corrected chi connectivity index (χ2v) is 13.8. The van der Waals surface area contributed by atoms with Crippen LogP contribution in [0.25, 0.3) is 0 Å². The predicted octanol–water partition coefficient (Wildman–Crippen LogP) is 9.70. The molecule has 0 saturated carbocycles. The van der Waals surface area contributed by atoms with E-state index in [2.05, 4.69) is 28.1 Å². The summed E-state index contributed by atoms with van der Waals surface area (Å²) in [5.41, 5.74) is 5.19. The Morgan fingerprint density at radius 2 is 1.07 bits per heavy atom. The molecule has 262 valence electrons. The Kier molecular flexibility index (Phi) is 33.0. The van der Waals surface area contributed by atoms with Crippen molar-refractivity contribution in [2.24, 2.45) is 5.73 Å². The van der Waals surface area contributed by atoms with Gasteiger partial charge in [-0.3, -0.25) is 13.8 Å². The summed E-state index contributed by atoms with van der Waals surface area (Å²) in [6, 6.07) is 0. The molecule has 44 heavy (non-hydrogen) atoms. The first-order valence-corrected chi connectivity index (χ1v) is 19.7. The maximum Gasteiger partial charge on any atom is 0.472 e. The van der Waals surface area contributed by atoms with E-state index in [0.717, 1.165) is 19.3 Å². The molecule has 0 aliphatic heterocycles. The third kappa shape index (κ3) is 34.1. The first-order chi connectivity index (χ1) is 21.4. The van der Waals surface area contributed by atoms with Gasteiger partial charge in [0, 0.05) is 13.0 Å². The fourth-order valence-corrected chi connectivity index (χ4v) is 5.93. The number of nitrogens with two attached hydrogens (primary N) is 1. The van der Waals surface area contributed by atoms with Crippen molar-refractivity contribution < 1.29 is 33.1 Å². The number of esters is 1. The molecule has 0 aliphatic rings. The van der Waals surface area contributed by atoms with E-state index in [4.69, 9.17) is 10.5 Å². The normalized spacial score (nSPS) is 13.8. The molecule has 0 rings (SSSR count). The summed E-state index contributed by atoms with van der Waals surface area (Å²) in [7, 11) is -4.25. The third-order valence-electron chi connectivity index (χ3n) is 7.88. The second kappa shape index (κ2) is 33.6. The molecule has 0 aromatic rings. The Balaban J connectivity index is 3.30. The molecule has 2 unspecified atom stereocenters. The smallest absolute Gasteiger partial charge is 0.463 e. The minimum absolute atomic E-state index is 0.0759. The Bertz CT molecular complexity index is 692. The molecule has 0 spiro atoms. The quantitative estimate of drug-likeness (QED) is 0.0268. The van der Waals surface area contributed by atoms with Crippen LogP contribution in [-0.2, 0) is 23.1 Å².